The Kier molecular flexibility index (Phi) is 6.45. The number of carbonyl (C=O) groups is 1. The van der Waals surface area contributed by atoms with E-state index in [0.29, 0.717) is 6.42 Å². The summed E-state index contributed by atoms with van der Waals surface area (Å²) in [5.74, 6) is -4.21. The molecule has 7 heteroatoms. The molecule has 21 heavy (non-hydrogen) atoms. The molecule has 0 spiro atoms. The van der Waals surface area contributed by atoms with E-state index in [2.05, 4.69) is 4.74 Å². The second-order valence-corrected chi connectivity index (χ2v) is 4.41. The van der Waals surface area contributed by atoms with Crippen molar-refractivity contribution in [3.05, 3.63) is 29.8 Å². The summed E-state index contributed by atoms with van der Waals surface area (Å²) in [6, 6.07) is 6.56. The Bertz CT molecular complexity index is 463. The number of alkyl halides is 4. The molecule has 0 heterocycles. The van der Waals surface area contributed by atoms with E-state index in [1.54, 1.807) is 18.2 Å². The maximum atomic E-state index is 12.6. The molecule has 0 fully saturated rings. The van der Waals surface area contributed by atoms with E-state index < -0.39 is 25.1 Å². The number of rotatable bonds is 7. The van der Waals surface area contributed by atoms with Crippen LogP contribution in [-0.4, -0.2) is 25.1 Å². The van der Waals surface area contributed by atoms with Gasteiger partial charge in [-0.15, -0.1) is 0 Å². The molecule has 0 aliphatic carbocycles. The van der Waals surface area contributed by atoms with Gasteiger partial charge in [0.15, 0.2) is 6.61 Å². The third kappa shape index (κ3) is 5.61. The first-order valence-electron chi connectivity index (χ1n) is 6.45. The van der Waals surface area contributed by atoms with Crippen molar-refractivity contribution in [1.29, 1.82) is 0 Å². The Hall–Kier alpha value is -1.79. The Balaban J connectivity index is 2.59. The fraction of sp³-hybridized carbons (Fsp3) is 0.500. The SMILES string of the molecule is CCCCc1ccccc1OC(=O)OCC(F)(F)C(F)F. The maximum Gasteiger partial charge on any atom is 0.514 e. The summed E-state index contributed by atoms with van der Waals surface area (Å²) in [6.07, 6.45) is -2.90. The first-order valence-corrected chi connectivity index (χ1v) is 6.45. The zero-order valence-electron chi connectivity index (χ0n) is 11.5. The molecule has 118 valence electrons. The summed E-state index contributed by atoms with van der Waals surface area (Å²) in [6.45, 7) is 0.269. The van der Waals surface area contributed by atoms with Crippen molar-refractivity contribution >= 4 is 6.16 Å². The molecule has 0 saturated carbocycles. The minimum atomic E-state index is -4.39. The van der Waals surface area contributed by atoms with Gasteiger partial charge in [-0.2, -0.15) is 8.78 Å². The Labute approximate surface area is 119 Å². The third-order valence-electron chi connectivity index (χ3n) is 2.67. The number of benzene rings is 1. The van der Waals surface area contributed by atoms with Gasteiger partial charge in [0, 0.05) is 0 Å². The van der Waals surface area contributed by atoms with Gasteiger partial charge in [-0.3, -0.25) is 0 Å². The first kappa shape index (κ1) is 17.3. The minimum absolute atomic E-state index is 0.177. The van der Waals surface area contributed by atoms with Crippen LogP contribution in [-0.2, 0) is 11.2 Å². The lowest BCUT2D eigenvalue weighted by atomic mass is 10.1. The molecule has 0 N–H and O–H groups in total. The molecular formula is C14H16F4O3. The van der Waals surface area contributed by atoms with Crippen molar-refractivity contribution in [1.82, 2.24) is 0 Å². The number of carbonyl (C=O) groups excluding carboxylic acids is 1. The molecule has 0 aliphatic heterocycles. The normalized spacial score (nSPS) is 11.5. The fourth-order valence-electron chi connectivity index (χ4n) is 1.51. The van der Waals surface area contributed by atoms with Gasteiger partial charge in [-0.05, 0) is 24.5 Å². The molecule has 0 unspecified atom stereocenters. The Morgan fingerprint density at radius 3 is 2.57 bits per heavy atom. The second kappa shape index (κ2) is 7.85. The number of hydrogen-bond donors (Lipinski definition) is 0. The highest BCUT2D eigenvalue weighted by atomic mass is 19.3. The van der Waals surface area contributed by atoms with Crippen LogP contribution in [0.2, 0.25) is 0 Å². The molecule has 0 aromatic heterocycles. The summed E-state index contributed by atoms with van der Waals surface area (Å²) < 4.78 is 57.9. The predicted octanol–water partition coefficient (Wildman–Crippen LogP) is 4.45. The summed E-state index contributed by atoms with van der Waals surface area (Å²) >= 11 is 0. The zero-order chi connectivity index (χ0) is 15.9. The molecule has 0 saturated heterocycles. The molecule has 1 aromatic rings. The molecule has 0 radical (unpaired) electrons. The van der Waals surface area contributed by atoms with Crippen LogP contribution in [0, 0.1) is 0 Å². The smallest absolute Gasteiger partial charge is 0.427 e. The van der Waals surface area contributed by atoms with E-state index in [4.69, 9.17) is 4.74 Å². The number of para-hydroxylation sites is 1. The van der Waals surface area contributed by atoms with Crippen molar-refractivity contribution < 1.29 is 31.8 Å². The minimum Gasteiger partial charge on any atom is -0.427 e. The summed E-state index contributed by atoms with van der Waals surface area (Å²) in [5, 5.41) is 0. The molecule has 0 amide bonds. The summed E-state index contributed by atoms with van der Waals surface area (Å²) in [7, 11) is 0. The van der Waals surface area contributed by atoms with Crippen LogP contribution in [0.3, 0.4) is 0 Å². The van der Waals surface area contributed by atoms with Crippen LogP contribution in [0.25, 0.3) is 0 Å². The zero-order valence-corrected chi connectivity index (χ0v) is 11.5. The number of unbranched alkanes of at least 4 members (excludes halogenated alkanes) is 1. The van der Waals surface area contributed by atoms with Gasteiger partial charge >= 0.3 is 18.5 Å². The first-order chi connectivity index (χ1) is 9.86. The van der Waals surface area contributed by atoms with E-state index in [9.17, 15) is 22.4 Å². The summed E-state index contributed by atoms with van der Waals surface area (Å²) in [5.41, 5.74) is 0.719. The van der Waals surface area contributed by atoms with Crippen molar-refractivity contribution in [3.8, 4) is 5.75 Å². The van der Waals surface area contributed by atoms with Gasteiger partial charge < -0.3 is 9.47 Å². The maximum absolute atomic E-state index is 12.6. The molecular weight excluding hydrogens is 292 g/mol. The van der Waals surface area contributed by atoms with Crippen molar-refractivity contribution in [3.63, 3.8) is 0 Å². The van der Waals surface area contributed by atoms with Crippen LogP contribution in [0.1, 0.15) is 25.3 Å². The van der Waals surface area contributed by atoms with Crippen molar-refractivity contribution in [2.75, 3.05) is 6.61 Å². The Morgan fingerprint density at radius 2 is 1.95 bits per heavy atom. The standard InChI is InChI=1S/C14H16F4O3/c1-2-3-6-10-7-4-5-8-11(10)21-13(19)20-9-14(17,18)12(15)16/h4-5,7-8,12H,2-3,6,9H2,1H3. The monoisotopic (exact) mass is 308 g/mol. The van der Waals surface area contributed by atoms with Crippen LogP contribution in [0.5, 0.6) is 5.75 Å². The highest BCUT2D eigenvalue weighted by Crippen LogP contribution is 2.24. The van der Waals surface area contributed by atoms with E-state index >= 15 is 0 Å². The van der Waals surface area contributed by atoms with Gasteiger partial charge in [0.1, 0.15) is 5.75 Å². The lowest BCUT2D eigenvalue weighted by molar-refractivity contribution is -0.156. The van der Waals surface area contributed by atoms with E-state index in [0.717, 1.165) is 18.4 Å². The molecule has 0 atom stereocenters. The van der Waals surface area contributed by atoms with Gasteiger partial charge in [0.2, 0.25) is 0 Å². The second-order valence-electron chi connectivity index (χ2n) is 4.41. The highest BCUT2D eigenvalue weighted by molar-refractivity contribution is 5.64. The van der Waals surface area contributed by atoms with E-state index in [1.165, 1.54) is 6.07 Å². The van der Waals surface area contributed by atoms with Gasteiger partial charge in [-0.25, -0.2) is 13.6 Å². The highest BCUT2D eigenvalue weighted by Gasteiger charge is 2.42. The number of halogens is 4. The van der Waals surface area contributed by atoms with Gasteiger partial charge in [0.05, 0.1) is 0 Å². The number of ether oxygens (including phenoxy) is 2. The van der Waals surface area contributed by atoms with Crippen LogP contribution in [0.4, 0.5) is 22.4 Å². The van der Waals surface area contributed by atoms with Crippen LogP contribution >= 0.6 is 0 Å². The molecule has 1 aromatic carbocycles. The van der Waals surface area contributed by atoms with E-state index in [1.807, 2.05) is 6.92 Å². The molecule has 0 bridgehead atoms. The van der Waals surface area contributed by atoms with E-state index in [-0.39, 0.29) is 5.75 Å². The van der Waals surface area contributed by atoms with Crippen LogP contribution < -0.4 is 4.74 Å². The third-order valence-corrected chi connectivity index (χ3v) is 2.67. The largest absolute Gasteiger partial charge is 0.514 e. The average molecular weight is 308 g/mol. The van der Waals surface area contributed by atoms with Gasteiger partial charge in [0.25, 0.3) is 0 Å². The quantitative estimate of drug-likeness (QED) is 0.424. The van der Waals surface area contributed by atoms with Crippen LogP contribution in [0.15, 0.2) is 24.3 Å². The summed E-state index contributed by atoms with van der Waals surface area (Å²) in [4.78, 5) is 11.3. The fourth-order valence-corrected chi connectivity index (χ4v) is 1.51. The molecule has 3 nitrogen and oxygen atoms in total. The topological polar surface area (TPSA) is 35.5 Å². The number of hydrogen-bond acceptors (Lipinski definition) is 3. The lowest BCUT2D eigenvalue weighted by Crippen LogP contribution is -2.34. The van der Waals surface area contributed by atoms with Crippen molar-refractivity contribution in [2.24, 2.45) is 0 Å². The lowest BCUT2D eigenvalue weighted by Gasteiger charge is -2.15. The van der Waals surface area contributed by atoms with Gasteiger partial charge in [-0.1, -0.05) is 31.5 Å². The van der Waals surface area contributed by atoms with Crippen molar-refractivity contribution in [2.45, 2.75) is 38.5 Å². The average Bonchev–Trinajstić information content (AvgIpc) is 2.44. The molecule has 1 rings (SSSR count). The Morgan fingerprint density at radius 1 is 1.29 bits per heavy atom. The number of aryl methyl sites for hydroxylation is 1. The predicted molar refractivity (Wildman–Crippen MR) is 68.0 cm³/mol. The molecule has 0 aliphatic rings.